The molecule has 9 heteroatoms. The predicted molar refractivity (Wildman–Crippen MR) is 137 cm³/mol. The lowest BCUT2D eigenvalue weighted by Gasteiger charge is -2.13. The number of fused-ring (bicyclic) bond motifs is 1. The number of thioether (sulfide) groups is 1. The Morgan fingerprint density at radius 3 is 2.61 bits per heavy atom. The Balaban J connectivity index is 1.31. The minimum atomic E-state index is -0.123. The van der Waals surface area contributed by atoms with Gasteiger partial charge in [0.1, 0.15) is 0 Å². The normalized spacial score (nSPS) is 11.0. The van der Waals surface area contributed by atoms with Gasteiger partial charge in [0.25, 0.3) is 5.56 Å². The average molecular weight is 491 g/mol. The molecule has 0 radical (unpaired) electrons. The van der Waals surface area contributed by atoms with Crippen LogP contribution in [0.3, 0.4) is 0 Å². The summed E-state index contributed by atoms with van der Waals surface area (Å²) in [6, 6.07) is 20.7. The summed E-state index contributed by atoms with van der Waals surface area (Å²) < 4.78 is 1.61. The molecule has 0 aliphatic carbocycles. The summed E-state index contributed by atoms with van der Waals surface area (Å²) in [4.78, 5) is 36.0. The highest BCUT2D eigenvalue weighted by Crippen LogP contribution is 2.28. The zero-order valence-corrected chi connectivity index (χ0v) is 19.8. The molecule has 5 aromatic rings. The van der Waals surface area contributed by atoms with Crippen molar-refractivity contribution < 1.29 is 4.79 Å². The standard InChI is InChI=1S/C24H18N4O2S3/c29-21(27-23-25-19(15-33-23)20-11-6-13-31-20)12-14-32-24-26-18-10-5-4-9-17(18)22(30)28(24)16-7-2-1-3-8-16/h1-11,13,15H,12,14H2,(H,25,27,29). The van der Waals surface area contributed by atoms with Gasteiger partial charge in [-0.1, -0.05) is 48.2 Å². The van der Waals surface area contributed by atoms with Gasteiger partial charge in [0.05, 0.1) is 27.2 Å². The maximum absolute atomic E-state index is 13.2. The van der Waals surface area contributed by atoms with Gasteiger partial charge in [0, 0.05) is 17.6 Å². The van der Waals surface area contributed by atoms with Crippen molar-refractivity contribution in [3.05, 3.63) is 87.8 Å². The Hall–Kier alpha value is -3.27. The van der Waals surface area contributed by atoms with E-state index in [1.807, 2.05) is 71.4 Å². The molecular weight excluding hydrogens is 472 g/mol. The zero-order chi connectivity index (χ0) is 22.6. The summed E-state index contributed by atoms with van der Waals surface area (Å²) in [5, 5.41) is 8.51. The fourth-order valence-corrected chi connectivity index (χ4v) is 5.74. The van der Waals surface area contributed by atoms with Gasteiger partial charge in [-0.3, -0.25) is 14.2 Å². The van der Waals surface area contributed by atoms with Gasteiger partial charge in [-0.05, 0) is 35.7 Å². The average Bonchev–Trinajstić information content (AvgIpc) is 3.52. The second kappa shape index (κ2) is 9.70. The van der Waals surface area contributed by atoms with Gasteiger partial charge in [0.15, 0.2) is 10.3 Å². The molecule has 5 rings (SSSR count). The summed E-state index contributed by atoms with van der Waals surface area (Å²) in [6.07, 6.45) is 0.274. The van der Waals surface area contributed by atoms with Crippen molar-refractivity contribution in [1.82, 2.24) is 14.5 Å². The maximum atomic E-state index is 13.2. The zero-order valence-electron chi connectivity index (χ0n) is 17.3. The number of anilines is 1. The third-order valence-electron chi connectivity index (χ3n) is 4.84. The number of amides is 1. The summed E-state index contributed by atoms with van der Waals surface area (Å²) in [7, 11) is 0. The number of nitrogens with one attached hydrogen (secondary N) is 1. The molecule has 0 atom stereocenters. The van der Waals surface area contributed by atoms with Crippen LogP contribution >= 0.6 is 34.4 Å². The molecule has 1 amide bonds. The number of nitrogens with zero attached hydrogens (tertiary/aromatic N) is 3. The third-order valence-corrected chi connectivity index (χ3v) is 7.43. The van der Waals surface area contributed by atoms with Crippen molar-refractivity contribution >= 4 is 56.4 Å². The molecule has 0 unspecified atom stereocenters. The van der Waals surface area contributed by atoms with Crippen molar-refractivity contribution in [3.8, 4) is 16.3 Å². The van der Waals surface area contributed by atoms with Crippen LogP contribution in [0.15, 0.2) is 87.4 Å². The molecule has 3 heterocycles. The van der Waals surface area contributed by atoms with Crippen LogP contribution in [-0.2, 0) is 4.79 Å². The molecule has 0 aliphatic rings. The number of rotatable bonds is 7. The van der Waals surface area contributed by atoms with E-state index in [2.05, 4.69) is 10.3 Å². The summed E-state index contributed by atoms with van der Waals surface area (Å²) >= 11 is 4.41. The molecule has 0 bridgehead atoms. The minimum Gasteiger partial charge on any atom is -0.302 e. The molecular formula is C24H18N4O2S3. The largest absolute Gasteiger partial charge is 0.302 e. The monoisotopic (exact) mass is 490 g/mol. The SMILES string of the molecule is O=C(CCSc1nc2ccccc2c(=O)n1-c1ccccc1)Nc1nc(-c2cccs2)cs1. The van der Waals surface area contributed by atoms with Crippen LogP contribution in [0.25, 0.3) is 27.2 Å². The highest BCUT2D eigenvalue weighted by atomic mass is 32.2. The van der Waals surface area contributed by atoms with E-state index in [4.69, 9.17) is 4.98 Å². The van der Waals surface area contributed by atoms with Gasteiger partial charge in [-0.15, -0.1) is 22.7 Å². The van der Waals surface area contributed by atoms with E-state index in [9.17, 15) is 9.59 Å². The van der Waals surface area contributed by atoms with E-state index in [1.165, 1.54) is 23.1 Å². The quantitative estimate of drug-likeness (QED) is 0.234. The minimum absolute atomic E-state index is 0.121. The van der Waals surface area contributed by atoms with E-state index in [0.717, 1.165) is 16.3 Å². The molecule has 3 aromatic heterocycles. The molecule has 0 saturated carbocycles. The lowest BCUT2D eigenvalue weighted by atomic mass is 10.2. The Bertz CT molecular complexity index is 1460. The second-order valence-electron chi connectivity index (χ2n) is 7.05. The van der Waals surface area contributed by atoms with Crippen LogP contribution in [0.5, 0.6) is 0 Å². The number of thiophene rings is 1. The molecule has 0 aliphatic heterocycles. The highest BCUT2D eigenvalue weighted by molar-refractivity contribution is 7.99. The topological polar surface area (TPSA) is 76.9 Å². The molecule has 164 valence electrons. The van der Waals surface area contributed by atoms with Crippen molar-refractivity contribution in [2.45, 2.75) is 11.6 Å². The van der Waals surface area contributed by atoms with Gasteiger partial charge in [0.2, 0.25) is 5.91 Å². The van der Waals surface area contributed by atoms with Crippen molar-refractivity contribution in [2.24, 2.45) is 0 Å². The number of hydrogen-bond acceptors (Lipinski definition) is 7. The van der Waals surface area contributed by atoms with E-state index in [1.54, 1.807) is 22.0 Å². The van der Waals surface area contributed by atoms with E-state index >= 15 is 0 Å². The lowest BCUT2D eigenvalue weighted by molar-refractivity contribution is -0.115. The van der Waals surface area contributed by atoms with Gasteiger partial charge >= 0.3 is 0 Å². The van der Waals surface area contributed by atoms with E-state index in [-0.39, 0.29) is 17.9 Å². The number of hydrogen-bond donors (Lipinski definition) is 1. The van der Waals surface area contributed by atoms with E-state index in [0.29, 0.717) is 26.9 Å². The fourth-order valence-electron chi connectivity index (χ4n) is 3.30. The van der Waals surface area contributed by atoms with Gasteiger partial charge < -0.3 is 5.32 Å². The van der Waals surface area contributed by atoms with Crippen LogP contribution in [0.1, 0.15) is 6.42 Å². The first-order valence-corrected chi connectivity index (χ1v) is 12.9. The number of aromatic nitrogens is 3. The smallest absolute Gasteiger partial charge is 0.266 e. The molecule has 2 aromatic carbocycles. The number of carbonyl (C=O) groups excluding carboxylic acids is 1. The number of thiazole rings is 1. The maximum Gasteiger partial charge on any atom is 0.266 e. The highest BCUT2D eigenvalue weighted by Gasteiger charge is 2.14. The fraction of sp³-hybridized carbons (Fsp3) is 0.0833. The molecule has 0 saturated heterocycles. The lowest BCUT2D eigenvalue weighted by Crippen LogP contribution is -2.22. The van der Waals surface area contributed by atoms with Crippen LogP contribution in [0, 0.1) is 0 Å². The van der Waals surface area contributed by atoms with Crippen LogP contribution in [-0.4, -0.2) is 26.2 Å². The summed E-state index contributed by atoms with van der Waals surface area (Å²) in [5.41, 5.74) is 2.14. The van der Waals surface area contributed by atoms with Gasteiger partial charge in [-0.2, -0.15) is 0 Å². The Labute approximate surface area is 202 Å². The van der Waals surface area contributed by atoms with Crippen molar-refractivity contribution in [3.63, 3.8) is 0 Å². The molecule has 6 nitrogen and oxygen atoms in total. The van der Waals surface area contributed by atoms with Crippen molar-refractivity contribution in [1.29, 1.82) is 0 Å². The molecule has 1 N–H and O–H groups in total. The van der Waals surface area contributed by atoms with Crippen LogP contribution < -0.4 is 10.9 Å². The summed E-state index contributed by atoms with van der Waals surface area (Å²) in [6.45, 7) is 0. The third kappa shape index (κ3) is 4.75. The number of carbonyl (C=O) groups is 1. The van der Waals surface area contributed by atoms with E-state index < -0.39 is 0 Å². The number of para-hydroxylation sites is 2. The Kier molecular flexibility index (Phi) is 6.34. The molecule has 0 spiro atoms. The summed E-state index contributed by atoms with van der Waals surface area (Å²) in [5.74, 6) is 0.357. The Morgan fingerprint density at radius 2 is 1.79 bits per heavy atom. The first-order chi connectivity index (χ1) is 16.2. The molecule has 0 fully saturated rings. The van der Waals surface area contributed by atoms with Crippen LogP contribution in [0.4, 0.5) is 5.13 Å². The van der Waals surface area contributed by atoms with Crippen molar-refractivity contribution in [2.75, 3.05) is 11.1 Å². The van der Waals surface area contributed by atoms with Crippen LogP contribution in [0.2, 0.25) is 0 Å². The van der Waals surface area contributed by atoms with Gasteiger partial charge in [-0.25, -0.2) is 9.97 Å². The first-order valence-electron chi connectivity index (χ1n) is 10.2. The first kappa shape index (κ1) is 21.6. The number of benzene rings is 2. The second-order valence-corrected chi connectivity index (χ2v) is 9.92. The molecule has 33 heavy (non-hydrogen) atoms. The Morgan fingerprint density at radius 1 is 0.970 bits per heavy atom. The predicted octanol–water partition coefficient (Wildman–Crippen LogP) is 5.69.